The molecule has 4 aliphatic heterocycles. The van der Waals surface area contributed by atoms with Gasteiger partial charge in [-0.1, -0.05) is 0 Å². The number of aliphatic imine (C=N–C) groups is 2. The van der Waals surface area contributed by atoms with Gasteiger partial charge in [-0.2, -0.15) is 0 Å². The third-order valence-electron chi connectivity index (χ3n) is 6.79. The van der Waals surface area contributed by atoms with Crippen molar-refractivity contribution in [1.82, 2.24) is 15.3 Å². The van der Waals surface area contributed by atoms with Gasteiger partial charge in [0, 0.05) is 28.3 Å². The molecule has 2 N–H and O–H groups in total. The zero-order valence-electron chi connectivity index (χ0n) is 19.3. The number of hydrogen-bond acceptors (Lipinski definition) is 5. The van der Waals surface area contributed by atoms with Gasteiger partial charge in [-0.05, 0) is 99.2 Å². The number of H-pyrrole nitrogens is 1. The van der Waals surface area contributed by atoms with Gasteiger partial charge in [0.05, 0.1) is 22.5 Å². The van der Waals surface area contributed by atoms with Gasteiger partial charge in [-0.3, -0.25) is 14.8 Å². The van der Waals surface area contributed by atoms with E-state index >= 15 is 0 Å². The van der Waals surface area contributed by atoms with Gasteiger partial charge in [0.15, 0.2) is 5.78 Å². The molecule has 0 spiro atoms. The molecule has 0 radical (unpaired) electrons. The summed E-state index contributed by atoms with van der Waals surface area (Å²) < 4.78 is 0. The summed E-state index contributed by atoms with van der Waals surface area (Å²) in [6.45, 7) is 5.91. The van der Waals surface area contributed by atoms with Gasteiger partial charge in [0.1, 0.15) is 11.6 Å². The van der Waals surface area contributed by atoms with Crippen molar-refractivity contribution in [3.8, 4) is 0 Å². The highest BCUT2D eigenvalue weighted by Crippen LogP contribution is 2.41. The van der Waals surface area contributed by atoms with Crippen molar-refractivity contribution in [3.63, 3.8) is 0 Å². The van der Waals surface area contributed by atoms with Gasteiger partial charge in [0.2, 0.25) is 0 Å². The fourth-order valence-corrected chi connectivity index (χ4v) is 4.85. The number of carbonyl (C=O) groups is 1. The first kappa shape index (κ1) is 20.5. The van der Waals surface area contributed by atoms with Gasteiger partial charge >= 0.3 is 0 Å². The van der Waals surface area contributed by atoms with Crippen LogP contribution in [0.15, 0.2) is 88.3 Å². The number of Topliss-reactive ketones (excluding diaryl/α,β-unsaturated/α-hetero) is 1. The molecule has 8 bridgehead atoms. The smallest absolute Gasteiger partial charge is 0.170 e. The maximum Gasteiger partial charge on any atom is 0.170 e. The summed E-state index contributed by atoms with van der Waals surface area (Å²) in [6.07, 6.45) is 17.9. The summed E-state index contributed by atoms with van der Waals surface area (Å²) in [5.41, 5.74) is 3.84. The van der Waals surface area contributed by atoms with E-state index in [2.05, 4.69) is 38.5 Å². The van der Waals surface area contributed by atoms with Crippen LogP contribution < -0.4 is 16.0 Å². The van der Waals surface area contributed by atoms with Crippen LogP contribution in [0.25, 0.3) is 12.2 Å². The minimum absolute atomic E-state index is 0.115. The Morgan fingerprint density at radius 3 is 2.59 bits per heavy atom. The van der Waals surface area contributed by atoms with Crippen molar-refractivity contribution < 1.29 is 4.79 Å². The van der Waals surface area contributed by atoms with E-state index in [1.165, 1.54) is 0 Å². The molecule has 0 amide bonds. The van der Waals surface area contributed by atoms with E-state index < -0.39 is 17.0 Å². The van der Waals surface area contributed by atoms with Crippen LogP contribution in [-0.2, 0) is 10.3 Å². The number of allylic oxidation sites excluding steroid dienone is 4. The van der Waals surface area contributed by atoms with Crippen LogP contribution in [0.3, 0.4) is 0 Å². The molecule has 1 fully saturated rings. The SMILES string of the molecule is Cc1cc(C23C=CC(=N2)C=c2ccc([nH]2)=CC2=NC(=CC4NC(=C3)C(C)(C)C4=O)C=C2)ccn1. The van der Waals surface area contributed by atoms with Crippen LogP contribution in [0.4, 0.5) is 0 Å². The van der Waals surface area contributed by atoms with Crippen molar-refractivity contribution in [2.24, 2.45) is 15.4 Å². The predicted octanol–water partition coefficient (Wildman–Crippen LogP) is 2.54. The Kier molecular flexibility index (Phi) is 4.36. The Balaban J connectivity index is 1.61. The first-order valence-corrected chi connectivity index (χ1v) is 11.4. The number of nitrogens with one attached hydrogen (secondary N) is 2. The van der Waals surface area contributed by atoms with Crippen LogP contribution in [0.1, 0.15) is 25.1 Å². The summed E-state index contributed by atoms with van der Waals surface area (Å²) in [5, 5.41) is 5.40. The average molecular weight is 448 g/mol. The highest BCUT2D eigenvalue weighted by molar-refractivity contribution is 6.20. The summed E-state index contributed by atoms with van der Waals surface area (Å²) in [5.74, 6) is 0.115. The van der Waals surface area contributed by atoms with E-state index in [1.807, 2.05) is 81.6 Å². The lowest BCUT2D eigenvalue weighted by molar-refractivity contribution is -0.123. The Morgan fingerprint density at radius 1 is 1.00 bits per heavy atom. The maximum atomic E-state index is 13.4. The fourth-order valence-electron chi connectivity index (χ4n) is 4.85. The quantitative estimate of drug-likeness (QED) is 0.705. The predicted molar refractivity (Wildman–Crippen MR) is 135 cm³/mol. The molecular formula is C28H25N5O. The normalized spacial score (nSPS) is 26.2. The fraction of sp³-hybridized carbons (Fsp3) is 0.214. The van der Waals surface area contributed by atoms with Crippen LogP contribution in [0.5, 0.6) is 0 Å². The molecule has 2 atom stereocenters. The van der Waals surface area contributed by atoms with Gasteiger partial charge in [-0.15, -0.1) is 0 Å². The number of aryl methyl sites for hydroxylation is 1. The van der Waals surface area contributed by atoms with Crippen molar-refractivity contribution in [2.75, 3.05) is 0 Å². The highest BCUT2D eigenvalue weighted by atomic mass is 16.1. The molecule has 6 nitrogen and oxygen atoms in total. The molecule has 168 valence electrons. The number of nitrogens with zero attached hydrogens (tertiary/aromatic N) is 3. The van der Waals surface area contributed by atoms with Crippen molar-refractivity contribution >= 4 is 29.4 Å². The van der Waals surface area contributed by atoms with Crippen LogP contribution >= 0.6 is 0 Å². The number of ketones is 1. The highest BCUT2D eigenvalue weighted by Gasteiger charge is 2.45. The van der Waals surface area contributed by atoms with E-state index in [-0.39, 0.29) is 5.78 Å². The number of aromatic amines is 1. The minimum atomic E-state index is -0.737. The molecular weight excluding hydrogens is 422 g/mol. The van der Waals surface area contributed by atoms with Gasteiger partial charge < -0.3 is 10.3 Å². The first-order valence-electron chi connectivity index (χ1n) is 11.4. The number of rotatable bonds is 1. The largest absolute Gasteiger partial charge is 0.375 e. The van der Waals surface area contributed by atoms with Gasteiger partial charge in [0.25, 0.3) is 0 Å². The number of hydrogen-bond donors (Lipinski definition) is 2. The third-order valence-corrected chi connectivity index (χ3v) is 6.79. The summed E-state index contributed by atoms with van der Waals surface area (Å²) >= 11 is 0. The molecule has 1 saturated heterocycles. The van der Waals surface area contributed by atoms with Crippen LogP contribution in [0, 0.1) is 12.3 Å². The van der Waals surface area contributed by atoms with Crippen LogP contribution in [-0.4, -0.2) is 33.2 Å². The molecule has 2 aromatic heterocycles. The monoisotopic (exact) mass is 447 g/mol. The second-order valence-corrected chi connectivity index (χ2v) is 9.67. The maximum absolute atomic E-state index is 13.4. The first-order chi connectivity index (χ1) is 16.3. The van der Waals surface area contributed by atoms with E-state index in [9.17, 15) is 4.79 Å². The second-order valence-electron chi connectivity index (χ2n) is 9.67. The lowest BCUT2D eigenvalue weighted by atomic mass is 9.81. The number of aromatic nitrogens is 2. The topological polar surface area (TPSA) is 82.5 Å². The molecule has 2 aromatic rings. The molecule has 0 aromatic carbocycles. The third kappa shape index (κ3) is 3.34. The second kappa shape index (κ2) is 7.22. The lowest BCUT2D eigenvalue weighted by Gasteiger charge is -2.25. The number of carbonyl (C=O) groups excluding carboxylic acids is 1. The summed E-state index contributed by atoms with van der Waals surface area (Å²) in [4.78, 5) is 31.0. The van der Waals surface area contributed by atoms with E-state index in [0.717, 1.165) is 44.8 Å². The zero-order chi connectivity index (χ0) is 23.5. The Hall–Kier alpha value is -4.06. The molecule has 6 heterocycles. The lowest BCUT2D eigenvalue weighted by Crippen LogP contribution is -2.27. The molecule has 6 rings (SSSR count). The summed E-state index contributed by atoms with van der Waals surface area (Å²) in [6, 6.07) is 7.65. The average Bonchev–Trinajstić information content (AvgIpc) is 3.56. The molecule has 6 heteroatoms. The van der Waals surface area contributed by atoms with E-state index in [4.69, 9.17) is 4.99 Å². The Morgan fingerprint density at radius 2 is 1.79 bits per heavy atom. The molecule has 0 saturated carbocycles. The Labute approximate surface area is 197 Å². The molecule has 0 aliphatic carbocycles. The standard InChI is InChI=1S/C28H25N5O/c1-17-12-18(9-11-29-17)28-10-8-23(33-28)14-21-5-4-19(30-21)13-20-6-7-22(31-20)15-24-26(34)27(2,3)25(16-28)32-24/h4-16,24,30,32H,1-3H3. The van der Waals surface area contributed by atoms with Crippen molar-refractivity contribution in [3.05, 3.63) is 100 Å². The van der Waals surface area contributed by atoms with Crippen LogP contribution in [0.2, 0.25) is 0 Å². The number of pyridine rings is 1. The summed E-state index contributed by atoms with van der Waals surface area (Å²) in [7, 11) is 0. The molecule has 34 heavy (non-hydrogen) atoms. The Bertz CT molecular complexity index is 1540. The van der Waals surface area contributed by atoms with E-state index in [0.29, 0.717) is 0 Å². The van der Waals surface area contributed by atoms with E-state index in [1.54, 1.807) is 0 Å². The van der Waals surface area contributed by atoms with Crippen molar-refractivity contribution in [1.29, 1.82) is 0 Å². The molecule has 4 aliphatic rings. The van der Waals surface area contributed by atoms with Gasteiger partial charge in [-0.25, -0.2) is 4.99 Å². The number of fused-ring (bicyclic) bond motifs is 6. The minimum Gasteiger partial charge on any atom is -0.375 e. The zero-order valence-corrected chi connectivity index (χ0v) is 19.3. The molecule has 2 unspecified atom stereocenters. The van der Waals surface area contributed by atoms with Crippen molar-refractivity contribution in [2.45, 2.75) is 32.4 Å².